The van der Waals surface area contributed by atoms with E-state index in [1.165, 1.54) is 42.5 Å². The first-order chi connectivity index (χ1) is 19.2. The number of carbonyl (C=O) groups excluding carboxylic acids is 3. The predicted molar refractivity (Wildman–Crippen MR) is 140 cm³/mol. The van der Waals surface area contributed by atoms with E-state index in [1.807, 2.05) is 0 Å². The Kier molecular flexibility index (Phi) is 16.2. The Balaban J connectivity index is 0.00000145. The van der Waals surface area contributed by atoms with Gasteiger partial charge in [-0.15, -0.1) is 0 Å². The second-order valence-electron chi connectivity index (χ2n) is 9.49. The maximum Gasteiger partial charge on any atom is 1.00 e. The van der Waals surface area contributed by atoms with Crippen LogP contribution in [0.25, 0.3) is 33.4 Å². The Morgan fingerprint density at radius 3 is 2.07 bits per heavy atom. The molecule has 4 rings (SSSR count). The molecular weight excluding hydrogens is 807 g/mol. The monoisotopic (exact) mass is 831 g/mol. The molecule has 0 bridgehead atoms. The molecule has 14 heteroatoms. The van der Waals surface area contributed by atoms with E-state index in [2.05, 4.69) is 0 Å². The van der Waals surface area contributed by atoms with Gasteiger partial charge in [-0.05, 0) is 81.9 Å². The van der Waals surface area contributed by atoms with Gasteiger partial charge in [0.25, 0.3) is 5.69 Å². The predicted octanol–water partition coefficient (Wildman–Crippen LogP) is -1.49. The molecule has 0 N–H and O–H groups in total. The molecule has 0 spiro atoms. The smallest absolute Gasteiger partial charge is 0.652 e. The summed E-state index contributed by atoms with van der Waals surface area (Å²) >= 11 is 0. The number of esters is 2. The topological polar surface area (TPSA) is 172 Å². The van der Waals surface area contributed by atoms with Gasteiger partial charge >= 0.3 is 150 Å². The summed E-state index contributed by atoms with van der Waals surface area (Å²) in [4.78, 5) is 45.4. The Bertz CT molecular complexity index is 1630. The number of ether oxygens (including phenoxy) is 2. The van der Waals surface area contributed by atoms with Gasteiger partial charge in [0, 0.05) is 10.9 Å². The van der Waals surface area contributed by atoms with Gasteiger partial charge < -0.3 is 28.9 Å². The maximum absolute atomic E-state index is 13.5. The van der Waals surface area contributed by atoms with Crippen LogP contribution >= 0.6 is 0 Å². The Morgan fingerprint density at radius 2 is 1.53 bits per heavy atom. The molecule has 0 saturated carbocycles. The fourth-order valence-corrected chi connectivity index (χ4v) is 3.88. The van der Waals surface area contributed by atoms with E-state index in [0.717, 1.165) is 0 Å². The summed E-state index contributed by atoms with van der Waals surface area (Å²) in [7, 11) is 0. The second kappa shape index (κ2) is 17.5. The van der Waals surface area contributed by atoms with E-state index >= 15 is 0 Å². The number of carbonyl (C=O) groups is 3. The zero-order chi connectivity index (χ0) is 30.5. The average molecular weight is 831 g/mol. The molecule has 0 fully saturated rings. The zero-order valence-corrected chi connectivity index (χ0v) is 36.9. The van der Waals surface area contributed by atoms with Crippen LogP contribution in [0.5, 0.6) is 0 Å². The summed E-state index contributed by atoms with van der Waals surface area (Å²) in [6.45, 7) is 6.95. The zero-order valence-electron chi connectivity index (χ0n) is 24.4. The minimum atomic E-state index is -2.33. The number of hydrogen-bond acceptors (Lipinski definition) is 10. The van der Waals surface area contributed by atoms with Crippen LogP contribution in [0.4, 0.5) is 14.9 Å². The Morgan fingerprint density at radius 1 is 0.930 bits per heavy atom. The third kappa shape index (κ3) is 11.0. The first kappa shape index (κ1) is 39.9. The van der Waals surface area contributed by atoms with Crippen molar-refractivity contribution >= 4 is 34.8 Å². The van der Waals surface area contributed by atoms with Gasteiger partial charge in [-0.3, -0.25) is 10.1 Å². The van der Waals surface area contributed by atoms with Crippen LogP contribution in [0.2, 0.25) is 0 Å². The van der Waals surface area contributed by atoms with E-state index in [9.17, 15) is 24.1 Å². The summed E-state index contributed by atoms with van der Waals surface area (Å²) in [5, 5.41) is 29.0. The number of carboxylic acid groups (broad SMARTS) is 2. The van der Waals surface area contributed by atoms with E-state index in [-0.39, 0.29) is 184 Å². The van der Waals surface area contributed by atoms with Gasteiger partial charge in [0.05, 0.1) is 28.7 Å². The number of hydrogen-bond donors (Lipinski definition) is 0. The molecule has 214 valence electrons. The average Bonchev–Trinajstić information content (AvgIpc) is 3.26. The SMILES string of the molecule is CCOC(=O)c1c(-c2ccc(F)cc2)oc2cc([N+](=O)[O-])c(-c3cccc(C(=O)OC(C)(C)C)c3)cc12.O=C([O-])[O-].[Cs+].[Cs+]. The fraction of sp³-hybridized carbons (Fsp3) is 0.207. The standard InChI is InChI=1S/C28H24FNO7.CH2O3.2Cs/c1-5-35-27(32)24-21-14-20(17-7-6-8-18(13-17)26(31)37-28(2,3)4)22(30(33)34)15-23(21)36-25(24)16-9-11-19(29)12-10-16;2-1(3)4;;/h6-15H,5H2,1-4H3;(H2,2,3,4);;/q;;2*+1/p-2. The third-order valence-corrected chi connectivity index (χ3v) is 5.40. The number of benzene rings is 3. The summed E-state index contributed by atoms with van der Waals surface area (Å²) in [6.07, 6.45) is -2.33. The van der Waals surface area contributed by atoms with Crippen LogP contribution in [-0.2, 0) is 9.47 Å². The van der Waals surface area contributed by atoms with Crippen LogP contribution in [0.15, 0.2) is 65.1 Å². The van der Waals surface area contributed by atoms with Crippen molar-refractivity contribution in [2.45, 2.75) is 33.3 Å². The quantitative estimate of drug-likeness (QED) is 0.127. The number of rotatable bonds is 6. The van der Waals surface area contributed by atoms with E-state index in [4.69, 9.17) is 28.9 Å². The van der Waals surface area contributed by atoms with Gasteiger partial charge in [0.15, 0.2) is 0 Å². The molecule has 0 aliphatic carbocycles. The molecule has 0 saturated heterocycles. The molecule has 0 atom stereocenters. The van der Waals surface area contributed by atoms with Crippen LogP contribution < -0.4 is 148 Å². The number of fused-ring (bicyclic) bond motifs is 1. The molecular formula is C29H24Cs2FNO10. The Labute approximate surface area is 363 Å². The molecule has 0 aliphatic rings. The van der Waals surface area contributed by atoms with Crippen molar-refractivity contribution in [1.29, 1.82) is 0 Å². The molecule has 1 heterocycles. The van der Waals surface area contributed by atoms with Crippen LogP contribution in [-0.4, -0.2) is 35.2 Å². The first-order valence-electron chi connectivity index (χ1n) is 12.1. The molecule has 0 aliphatic heterocycles. The molecule has 4 aromatic rings. The summed E-state index contributed by atoms with van der Waals surface area (Å²) in [5.74, 6) is -1.64. The van der Waals surface area contributed by atoms with Crippen molar-refractivity contribution in [2.24, 2.45) is 0 Å². The van der Waals surface area contributed by atoms with Gasteiger partial charge in [-0.1, -0.05) is 12.1 Å². The summed E-state index contributed by atoms with van der Waals surface area (Å²) < 4.78 is 30.1. The largest absolute Gasteiger partial charge is 1.00 e. The summed E-state index contributed by atoms with van der Waals surface area (Å²) in [5.41, 5.74) is 0.285. The molecule has 0 unspecified atom stereocenters. The van der Waals surface area contributed by atoms with Gasteiger partial charge in [0.1, 0.15) is 28.3 Å². The minimum absolute atomic E-state index is 0. The Hall–Kier alpha value is -1.16. The second-order valence-corrected chi connectivity index (χ2v) is 9.49. The maximum atomic E-state index is 13.5. The molecule has 11 nitrogen and oxygen atoms in total. The van der Waals surface area contributed by atoms with Gasteiger partial charge in [-0.2, -0.15) is 0 Å². The minimum Gasteiger partial charge on any atom is -0.652 e. The molecule has 1 aromatic heterocycles. The number of halogens is 1. The van der Waals surface area contributed by atoms with Crippen molar-refractivity contribution in [2.75, 3.05) is 6.61 Å². The molecule has 3 aromatic carbocycles. The molecule has 0 amide bonds. The number of nitro groups is 1. The van der Waals surface area contributed by atoms with E-state index in [0.29, 0.717) is 11.1 Å². The molecule has 43 heavy (non-hydrogen) atoms. The first-order valence-corrected chi connectivity index (χ1v) is 12.1. The van der Waals surface area contributed by atoms with Crippen molar-refractivity contribution in [3.05, 3.63) is 87.7 Å². The summed E-state index contributed by atoms with van der Waals surface area (Å²) in [6, 6.07) is 14.3. The van der Waals surface area contributed by atoms with Crippen LogP contribution in [0, 0.1) is 15.9 Å². The van der Waals surface area contributed by atoms with E-state index < -0.39 is 34.4 Å². The van der Waals surface area contributed by atoms with Gasteiger partial charge in [-0.25, -0.2) is 14.0 Å². The third-order valence-electron chi connectivity index (χ3n) is 5.40. The van der Waals surface area contributed by atoms with E-state index in [1.54, 1.807) is 45.9 Å². The van der Waals surface area contributed by atoms with Crippen LogP contribution in [0.1, 0.15) is 48.4 Å². The van der Waals surface area contributed by atoms with Crippen molar-refractivity contribution in [1.82, 2.24) is 0 Å². The normalized spacial score (nSPS) is 10.3. The van der Waals surface area contributed by atoms with Crippen molar-refractivity contribution < 1.29 is 186 Å². The van der Waals surface area contributed by atoms with Crippen molar-refractivity contribution in [3.63, 3.8) is 0 Å². The van der Waals surface area contributed by atoms with Gasteiger partial charge in [0.2, 0.25) is 0 Å². The van der Waals surface area contributed by atoms with Crippen molar-refractivity contribution in [3.8, 4) is 22.5 Å². The number of furan rings is 1. The van der Waals surface area contributed by atoms with Crippen LogP contribution in [0.3, 0.4) is 0 Å². The number of nitro benzene ring substituents is 1. The number of nitrogens with zero attached hydrogens (tertiary/aromatic N) is 1. The molecule has 0 radical (unpaired) electrons. The fourth-order valence-electron chi connectivity index (χ4n) is 3.88.